The highest BCUT2D eigenvalue weighted by molar-refractivity contribution is 6.00. The summed E-state index contributed by atoms with van der Waals surface area (Å²) in [7, 11) is 0. The van der Waals surface area contributed by atoms with Crippen molar-refractivity contribution >= 4 is 28.2 Å². The second kappa shape index (κ2) is 7.81. The summed E-state index contributed by atoms with van der Waals surface area (Å²) in [5.41, 5.74) is 1.58. The molecule has 1 aliphatic heterocycles. The lowest BCUT2D eigenvalue weighted by Gasteiger charge is -2.21. The van der Waals surface area contributed by atoms with Gasteiger partial charge in [-0.3, -0.25) is 4.79 Å². The number of aromatic hydroxyl groups is 1. The van der Waals surface area contributed by atoms with E-state index in [1.807, 2.05) is 0 Å². The van der Waals surface area contributed by atoms with Gasteiger partial charge >= 0.3 is 5.91 Å². The molecule has 152 valence electrons. The van der Waals surface area contributed by atoms with Crippen LogP contribution in [0, 0.1) is 17.3 Å². The third-order valence-electron chi connectivity index (χ3n) is 4.69. The van der Waals surface area contributed by atoms with Crippen molar-refractivity contribution in [3.8, 4) is 11.6 Å². The maximum absolute atomic E-state index is 14.1. The van der Waals surface area contributed by atoms with Crippen LogP contribution in [0.3, 0.4) is 0 Å². The van der Waals surface area contributed by atoms with E-state index in [1.54, 1.807) is 6.07 Å². The van der Waals surface area contributed by atoms with Gasteiger partial charge in [-0.2, -0.15) is 0 Å². The van der Waals surface area contributed by atoms with Crippen molar-refractivity contribution in [2.24, 2.45) is 5.18 Å². The van der Waals surface area contributed by atoms with Crippen molar-refractivity contribution in [2.45, 2.75) is 13.2 Å². The minimum absolute atomic E-state index is 0.0163. The van der Waals surface area contributed by atoms with Gasteiger partial charge in [-0.25, -0.2) is 11.0 Å². The van der Waals surface area contributed by atoms with Gasteiger partial charge in [0.25, 0.3) is 6.54 Å². The summed E-state index contributed by atoms with van der Waals surface area (Å²) < 4.78 is 26.2. The van der Waals surface area contributed by atoms with E-state index in [0.717, 1.165) is 0 Å². The lowest BCUT2D eigenvalue weighted by atomic mass is 10.1. The first-order valence-corrected chi connectivity index (χ1v) is 8.85. The summed E-state index contributed by atoms with van der Waals surface area (Å²) in [5.74, 6) is -0.927. The van der Waals surface area contributed by atoms with E-state index in [4.69, 9.17) is 16.0 Å². The van der Waals surface area contributed by atoms with E-state index in [0.29, 0.717) is 33.5 Å². The maximum atomic E-state index is 14.1. The van der Waals surface area contributed by atoms with Crippen molar-refractivity contribution in [3.63, 3.8) is 0 Å². The molecule has 0 fully saturated rings. The van der Waals surface area contributed by atoms with Gasteiger partial charge in [0, 0.05) is 22.2 Å². The number of hydrogen-bond donors (Lipinski definition) is 2. The Morgan fingerprint density at radius 2 is 2.20 bits per heavy atom. The second-order valence-corrected chi connectivity index (χ2v) is 6.61. The number of halogens is 1. The zero-order valence-corrected chi connectivity index (χ0v) is 15.5. The number of nitrogens with one attached hydrogen (secondary N) is 1. The lowest BCUT2D eigenvalue weighted by molar-refractivity contribution is -0.114. The standard InChI is InChI=1S/C20H15FN4O5/c1-22-7-17(26)23-14-2-3-15-16(6-14)25(20(27)18(15)24-28)8-11-4-13(21)5-12-9-29-10-30-19(11)12/h2-6,27H,7-10H2,(H,23,26). The van der Waals surface area contributed by atoms with Crippen molar-refractivity contribution in [3.05, 3.63) is 63.6 Å². The molecule has 30 heavy (non-hydrogen) atoms. The van der Waals surface area contributed by atoms with Gasteiger partial charge in [0.2, 0.25) is 5.88 Å². The Labute approximate surface area is 169 Å². The van der Waals surface area contributed by atoms with E-state index < -0.39 is 17.6 Å². The number of rotatable bonds is 5. The first-order valence-electron chi connectivity index (χ1n) is 8.85. The molecule has 1 amide bonds. The van der Waals surface area contributed by atoms with Gasteiger partial charge in [0.05, 0.1) is 18.7 Å². The second-order valence-electron chi connectivity index (χ2n) is 6.61. The molecule has 0 aliphatic carbocycles. The molecule has 4 rings (SSSR count). The third-order valence-corrected chi connectivity index (χ3v) is 4.69. The molecule has 0 saturated heterocycles. The number of hydrogen-bond acceptors (Lipinski definition) is 6. The van der Waals surface area contributed by atoms with Gasteiger partial charge in [-0.1, -0.05) is 0 Å². The highest BCUT2D eigenvalue weighted by Crippen LogP contribution is 2.41. The Bertz CT molecular complexity index is 1210. The van der Waals surface area contributed by atoms with Gasteiger partial charge in [0.1, 0.15) is 11.6 Å². The Hall–Kier alpha value is -3.97. The summed E-state index contributed by atoms with van der Waals surface area (Å²) >= 11 is 0. The Morgan fingerprint density at radius 1 is 1.37 bits per heavy atom. The molecular formula is C20H15FN4O5. The Kier molecular flexibility index (Phi) is 5.04. The zero-order chi connectivity index (χ0) is 21.3. The van der Waals surface area contributed by atoms with Gasteiger partial charge in [-0.05, 0) is 35.5 Å². The van der Waals surface area contributed by atoms with Crippen molar-refractivity contribution in [1.82, 2.24) is 4.57 Å². The average Bonchev–Trinajstić information content (AvgIpc) is 2.98. The molecule has 9 nitrogen and oxygen atoms in total. The largest absolute Gasteiger partial charge is 0.493 e. The fraction of sp³-hybridized carbons (Fsp3) is 0.200. The molecule has 10 heteroatoms. The highest BCUT2D eigenvalue weighted by atomic mass is 19.1. The highest BCUT2D eigenvalue weighted by Gasteiger charge is 2.22. The molecule has 0 saturated carbocycles. The number of carbonyl (C=O) groups is 1. The van der Waals surface area contributed by atoms with E-state index in [9.17, 15) is 19.2 Å². The number of carbonyl (C=O) groups excluding carboxylic acids is 1. The number of anilines is 1. The van der Waals surface area contributed by atoms with Crippen LogP contribution in [-0.4, -0.2) is 28.9 Å². The molecular weight excluding hydrogens is 395 g/mol. The molecule has 1 aromatic heterocycles. The molecule has 0 bridgehead atoms. The van der Waals surface area contributed by atoms with Crippen LogP contribution < -0.4 is 10.1 Å². The third kappa shape index (κ3) is 3.42. The summed E-state index contributed by atoms with van der Waals surface area (Å²) in [5, 5.41) is 16.4. The van der Waals surface area contributed by atoms with E-state index in [-0.39, 0.29) is 32.2 Å². The Morgan fingerprint density at radius 3 is 2.97 bits per heavy atom. The van der Waals surface area contributed by atoms with Gasteiger partial charge in [0.15, 0.2) is 12.5 Å². The monoisotopic (exact) mass is 410 g/mol. The molecule has 2 heterocycles. The fourth-order valence-electron chi connectivity index (χ4n) is 3.46. The van der Waals surface area contributed by atoms with Crippen LogP contribution in [-0.2, 0) is 22.7 Å². The first kappa shape index (κ1) is 19.4. The number of nitroso groups, excluding NO2 is 1. The van der Waals surface area contributed by atoms with E-state index in [2.05, 4.69) is 15.3 Å². The minimum atomic E-state index is -0.493. The molecule has 3 aromatic rings. The number of benzene rings is 2. The summed E-state index contributed by atoms with van der Waals surface area (Å²) in [6.45, 7) is 6.63. The molecule has 2 N–H and O–H groups in total. The van der Waals surface area contributed by atoms with Crippen LogP contribution in [0.5, 0.6) is 11.6 Å². The zero-order valence-electron chi connectivity index (χ0n) is 15.5. The quantitative estimate of drug-likeness (QED) is 0.493. The van der Waals surface area contributed by atoms with Gasteiger partial charge < -0.3 is 29.3 Å². The lowest BCUT2D eigenvalue weighted by Crippen LogP contribution is -2.15. The number of fused-ring (bicyclic) bond motifs is 2. The fourth-order valence-corrected chi connectivity index (χ4v) is 3.46. The molecule has 0 atom stereocenters. The van der Waals surface area contributed by atoms with Crippen LogP contribution in [0.15, 0.2) is 35.5 Å². The number of aromatic nitrogens is 1. The van der Waals surface area contributed by atoms with Crippen LogP contribution in [0.4, 0.5) is 15.8 Å². The van der Waals surface area contributed by atoms with Crippen molar-refractivity contribution < 1.29 is 23.8 Å². The maximum Gasteiger partial charge on any atom is 0.304 e. The number of ether oxygens (including phenoxy) is 2. The average molecular weight is 410 g/mol. The Balaban J connectivity index is 1.81. The first-order chi connectivity index (χ1) is 14.5. The summed E-state index contributed by atoms with van der Waals surface area (Å²) in [6, 6.07) is 7.20. The van der Waals surface area contributed by atoms with Gasteiger partial charge in [-0.15, -0.1) is 4.91 Å². The number of nitrogens with zero attached hydrogens (tertiary/aromatic N) is 3. The normalized spacial score (nSPS) is 12.7. The molecule has 0 unspecified atom stereocenters. The molecule has 2 aromatic carbocycles. The van der Waals surface area contributed by atoms with Crippen LogP contribution in [0.1, 0.15) is 11.1 Å². The van der Waals surface area contributed by atoms with Crippen molar-refractivity contribution in [2.75, 3.05) is 18.7 Å². The van der Waals surface area contributed by atoms with E-state index >= 15 is 0 Å². The predicted octanol–water partition coefficient (Wildman–Crippen LogP) is 3.66. The molecule has 1 aliphatic rings. The van der Waals surface area contributed by atoms with Crippen LogP contribution in [0.2, 0.25) is 0 Å². The predicted molar refractivity (Wildman–Crippen MR) is 105 cm³/mol. The van der Waals surface area contributed by atoms with E-state index in [1.165, 1.54) is 28.8 Å². The molecule has 0 spiro atoms. The number of amides is 1. The van der Waals surface area contributed by atoms with Crippen molar-refractivity contribution in [1.29, 1.82) is 0 Å². The topological polar surface area (TPSA) is 107 Å². The SMILES string of the molecule is [C-]#[N+]CC(=O)Nc1ccc2c(N=O)c(O)n(Cc3cc(F)cc4c3OCOC4)c2c1. The smallest absolute Gasteiger partial charge is 0.304 e. The molecule has 0 radical (unpaired) electrons. The summed E-state index contributed by atoms with van der Waals surface area (Å²) in [6.07, 6.45) is 0. The minimum Gasteiger partial charge on any atom is -0.493 e. The van der Waals surface area contributed by atoms with Crippen LogP contribution >= 0.6 is 0 Å². The van der Waals surface area contributed by atoms with Crippen LogP contribution in [0.25, 0.3) is 15.7 Å². The summed E-state index contributed by atoms with van der Waals surface area (Å²) in [4.78, 5) is 26.1.